The molecule has 2 nitrogen and oxygen atoms in total. The van der Waals surface area contributed by atoms with Crippen LogP contribution in [-0.2, 0) is 0 Å². The minimum absolute atomic E-state index is 0.245. The van der Waals surface area contributed by atoms with Crippen LogP contribution in [0, 0.1) is 0 Å². The molecule has 5 heteroatoms. The van der Waals surface area contributed by atoms with Gasteiger partial charge in [-0.05, 0) is 24.6 Å². The summed E-state index contributed by atoms with van der Waals surface area (Å²) in [5, 5.41) is 19.4. The maximum absolute atomic E-state index is 9.53. The summed E-state index contributed by atoms with van der Waals surface area (Å²) < 4.78 is 0. The van der Waals surface area contributed by atoms with Gasteiger partial charge in [0.25, 0.3) is 0 Å². The second-order valence-corrected chi connectivity index (χ2v) is 4.18. The van der Waals surface area contributed by atoms with E-state index in [1.165, 1.54) is 19.1 Å². The molecule has 0 saturated carbocycles. The molecular formula is C9H9Cl3O2. The summed E-state index contributed by atoms with van der Waals surface area (Å²) in [4.78, 5) is 0. The molecule has 0 radical (unpaired) electrons. The number of aliphatic hydroxyl groups is 2. The molecule has 0 heterocycles. The average Bonchev–Trinajstić information content (AvgIpc) is 2.12. The third kappa shape index (κ3) is 2.53. The van der Waals surface area contributed by atoms with Crippen LogP contribution in [0.3, 0.4) is 0 Å². The topological polar surface area (TPSA) is 40.5 Å². The largest absolute Gasteiger partial charge is 0.390 e. The van der Waals surface area contributed by atoms with Crippen molar-refractivity contribution in [2.24, 2.45) is 0 Å². The molecule has 1 aromatic rings. The molecule has 78 valence electrons. The summed E-state index contributed by atoms with van der Waals surface area (Å²) in [6, 6.07) is 2.96. The van der Waals surface area contributed by atoms with E-state index in [-0.39, 0.29) is 15.1 Å². The minimum Gasteiger partial charge on any atom is -0.390 e. The van der Waals surface area contributed by atoms with Crippen LogP contribution in [0.25, 0.3) is 0 Å². The molecule has 2 atom stereocenters. The Morgan fingerprint density at radius 1 is 1.07 bits per heavy atom. The molecule has 0 amide bonds. The molecule has 0 unspecified atom stereocenters. The number of benzene rings is 1. The van der Waals surface area contributed by atoms with E-state index in [1.807, 2.05) is 0 Å². The lowest BCUT2D eigenvalue weighted by atomic mass is 10.1. The van der Waals surface area contributed by atoms with Gasteiger partial charge in [0, 0.05) is 0 Å². The monoisotopic (exact) mass is 254 g/mol. The Morgan fingerprint density at radius 2 is 1.50 bits per heavy atom. The van der Waals surface area contributed by atoms with E-state index in [1.54, 1.807) is 0 Å². The summed E-state index contributed by atoms with van der Waals surface area (Å²) in [6.07, 6.45) is -1.90. The molecule has 0 fully saturated rings. The van der Waals surface area contributed by atoms with Crippen LogP contribution >= 0.6 is 34.8 Å². The molecule has 0 aromatic heterocycles. The Balaban J connectivity index is 3.12. The van der Waals surface area contributed by atoms with Gasteiger partial charge < -0.3 is 10.2 Å². The first-order valence-corrected chi connectivity index (χ1v) is 5.07. The van der Waals surface area contributed by atoms with E-state index < -0.39 is 12.2 Å². The SMILES string of the molecule is C[C@H](O)[C@@H](O)c1cc(Cl)c(Cl)c(Cl)c1. The minimum atomic E-state index is -1.01. The van der Waals surface area contributed by atoms with E-state index in [0.717, 1.165) is 0 Å². The quantitative estimate of drug-likeness (QED) is 0.798. The number of hydrogen-bond acceptors (Lipinski definition) is 2. The van der Waals surface area contributed by atoms with Crippen molar-refractivity contribution in [1.29, 1.82) is 0 Å². The Hall–Kier alpha value is 0.01000. The van der Waals surface area contributed by atoms with Gasteiger partial charge in [-0.1, -0.05) is 34.8 Å². The van der Waals surface area contributed by atoms with Crippen LogP contribution in [0.15, 0.2) is 12.1 Å². The van der Waals surface area contributed by atoms with Crippen molar-refractivity contribution in [2.45, 2.75) is 19.1 Å². The average molecular weight is 256 g/mol. The van der Waals surface area contributed by atoms with Crippen LogP contribution in [-0.4, -0.2) is 16.3 Å². The molecule has 1 rings (SSSR count). The molecule has 0 aliphatic rings. The predicted molar refractivity (Wildman–Crippen MR) is 58.1 cm³/mol. The van der Waals surface area contributed by atoms with Gasteiger partial charge in [0.2, 0.25) is 0 Å². The number of halogens is 3. The first-order valence-electron chi connectivity index (χ1n) is 3.94. The van der Waals surface area contributed by atoms with Gasteiger partial charge in [-0.25, -0.2) is 0 Å². The zero-order valence-electron chi connectivity index (χ0n) is 7.34. The number of aliphatic hydroxyl groups excluding tert-OH is 2. The van der Waals surface area contributed by atoms with Gasteiger partial charge in [0.15, 0.2) is 0 Å². The lowest BCUT2D eigenvalue weighted by Gasteiger charge is -2.15. The number of rotatable bonds is 2. The third-order valence-electron chi connectivity index (χ3n) is 1.80. The molecule has 14 heavy (non-hydrogen) atoms. The lowest BCUT2D eigenvalue weighted by Crippen LogP contribution is -2.13. The van der Waals surface area contributed by atoms with Crippen molar-refractivity contribution < 1.29 is 10.2 Å². The normalized spacial score (nSPS) is 15.3. The Bertz CT molecular complexity index is 316. The standard InChI is InChI=1S/C9H9Cl3O2/c1-4(13)9(14)5-2-6(10)8(12)7(11)3-5/h2-4,9,13-14H,1H3/t4-,9+/m0/s1. The highest BCUT2D eigenvalue weighted by atomic mass is 35.5. The predicted octanol–water partition coefficient (Wildman–Crippen LogP) is 3.06. The molecule has 0 saturated heterocycles. The fourth-order valence-electron chi connectivity index (χ4n) is 1.02. The first-order chi connectivity index (χ1) is 6.43. The summed E-state index contributed by atoms with van der Waals surface area (Å²) in [6.45, 7) is 1.47. The first kappa shape index (κ1) is 12.1. The smallest absolute Gasteiger partial charge is 0.105 e. The zero-order valence-corrected chi connectivity index (χ0v) is 9.61. The number of hydrogen-bond donors (Lipinski definition) is 2. The summed E-state index contributed by atoms with van der Waals surface area (Å²) in [7, 11) is 0. The Morgan fingerprint density at radius 3 is 1.86 bits per heavy atom. The van der Waals surface area contributed by atoms with Crippen molar-refractivity contribution >= 4 is 34.8 Å². The van der Waals surface area contributed by atoms with E-state index in [0.29, 0.717) is 5.56 Å². The maximum atomic E-state index is 9.53. The van der Waals surface area contributed by atoms with Gasteiger partial charge in [-0.3, -0.25) is 0 Å². The van der Waals surface area contributed by atoms with Crippen molar-refractivity contribution in [3.63, 3.8) is 0 Å². The van der Waals surface area contributed by atoms with Gasteiger partial charge in [0.1, 0.15) is 6.10 Å². The molecule has 0 bridgehead atoms. The van der Waals surface area contributed by atoms with E-state index in [2.05, 4.69) is 0 Å². The van der Waals surface area contributed by atoms with E-state index in [9.17, 15) is 5.11 Å². The highest BCUT2D eigenvalue weighted by Gasteiger charge is 2.16. The Kier molecular flexibility index (Phi) is 4.04. The molecule has 2 N–H and O–H groups in total. The van der Waals surface area contributed by atoms with Crippen molar-refractivity contribution in [1.82, 2.24) is 0 Å². The van der Waals surface area contributed by atoms with Gasteiger partial charge in [-0.15, -0.1) is 0 Å². The highest BCUT2D eigenvalue weighted by molar-refractivity contribution is 6.48. The lowest BCUT2D eigenvalue weighted by molar-refractivity contribution is 0.0305. The molecule has 1 aromatic carbocycles. The maximum Gasteiger partial charge on any atom is 0.105 e. The van der Waals surface area contributed by atoms with Gasteiger partial charge >= 0.3 is 0 Å². The van der Waals surface area contributed by atoms with Crippen LogP contribution in [0.1, 0.15) is 18.6 Å². The zero-order chi connectivity index (χ0) is 10.9. The molecular weight excluding hydrogens is 246 g/mol. The van der Waals surface area contributed by atoms with Crippen LogP contribution in [0.2, 0.25) is 15.1 Å². The summed E-state index contributed by atoms with van der Waals surface area (Å²) >= 11 is 17.2. The molecule has 0 aliphatic carbocycles. The Labute approximate surface area is 97.0 Å². The third-order valence-corrected chi connectivity index (χ3v) is 3.00. The fraction of sp³-hybridized carbons (Fsp3) is 0.333. The summed E-state index contributed by atoms with van der Waals surface area (Å²) in [5.41, 5.74) is 0.444. The van der Waals surface area contributed by atoms with Gasteiger partial charge in [-0.2, -0.15) is 0 Å². The van der Waals surface area contributed by atoms with Crippen LogP contribution in [0.4, 0.5) is 0 Å². The fourth-order valence-corrected chi connectivity index (χ4v) is 1.64. The summed E-state index contributed by atoms with van der Waals surface area (Å²) in [5.74, 6) is 0. The van der Waals surface area contributed by atoms with Crippen LogP contribution < -0.4 is 0 Å². The van der Waals surface area contributed by atoms with Gasteiger partial charge in [0.05, 0.1) is 21.2 Å². The van der Waals surface area contributed by atoms with E-state index in [4.69, 9.17) is 39.9 Å². The van der Waals surface area contributed by atoms with Crippen molar-refractivity contribution in [3.05, 3.63) is 32.8 Å². The van der Waals surface area contributed by atoms with Crippen LogP contribution in [0.5, 0.6) is 0 Å². The van der Waals surface area contributed by atoms with E-state index >= 15 is 0 Å². The van der Waals surface area contributed by atoms with Crippen molar-refractivity contribution in [3.8, 4) is 0 Å². The highest BCUT2D eigenvalue weighted by Crippen LogP contribution is 2.33. The molecule has 0 aliphatic heterocycles. The molecule has 0 spiro atoms. The van der Waals surface area contributed by atoms with Crippen molar-refractivity contribution in [2.75, 3.05) is 0 Å². The second-order valence-electron chi connectivity index (χ2n) is 2.98. The second kappa shape index (κ2) is 4.69.